The van der Waals surface area contributed by atoms with Crippen LogP contribution in [0.3, 0.4) is 0 Å². The van der Waals surface area contributed by atoms with E-state index in [4.69, 9.17) is 5.73 Å². The van der Waals surface area contributed by atoms with Gasteiger partial charge in [0, 0.05) is 6.04 Å². The third-order valence-electron chi connectivity index (χ3n) is 2.50. The molecule has 16 heavy (non-hydrogen) atoms. The molecular weight excluding hydrogens is 222 g/mol. The number of hydrogen-bond acceptors (Lipinski definition) is 3. The predicted molar refractivity (Wildman–Crippen MR) is 66.1 cm³/mol. The van der Waals surface area contributed by atoms with Crippen LogP contribution in [0.15, 0.2) is 29.2 Å². The lowest BCUT2D eigenvalue weighted by Gasteiger charge is -2.08. The van der Waals surface area contributed by atoms with Crippen molar-refractivity contribution in [2.75, 3.05) is 5.75 Å². The highest BCUT2D eigenvalue weighted by Gasteiger charge is 2.15. The molecule has 0 saturated carbocycles. The van der Waals surface area contributed by atoms with E-state index in [1.165, 1.54) is 0 Å². The van der Waals surface area contributed by atoms with E-state index in [0.29, 0.717) is 11.3 Å². The van der Waals surface area contributed by atoms with Crippen LogP contribution >= 0.6 is 0 Å². The molecule has 0 aliphatic rings. The van der Waals surface area contributed by atoms with Gasteiger partial charge in [-0.1, -0.05) is 18.2 Å². The van der Waals surface area contributed by atoms with Gasteiger partial charge in [-0.25, -0.2) is 8.42 Å². The van der Waals surface area contributed by atoms with Crippen LogP contribution in [0, 0.1) is 6.92 Å². The molecular formula is C12H19NO2S. The quantitative estimate of drug-likeness (QED) is 0.856. The SMILES string of the molecule is Cc1ccccc1S(=O)(=O)CCCC(C)N. The van der Waals surface area contributed by atoms with Crippen LogP contribution in [0.1, 0.15) is 25.3 Å². The van der Waals surface area contributed by atoms with Crippen LogP contribution in [-0.4, -0.2) is 20.2 Å². The molecule has 1 unspecified atom stereocenters. The lowest BCUT2D eigenvalue weighted by atomic mass is 10.2. The molecule has 90 valence electrons. The average molecular weight is 241 g/mol. The maximum atomic E-state index is 12.0. The summed E-state index contributed by atoms with van der Waals surface area (Å²) in [5.41, 5.74) is 6.40. The minimum atomic E-state index is -3.14. The summed E-state index contributed by atoms with van der Waals surface area (Å²) in [5, 5.41) is 0. The number of nitrogens with two attached hydrogens (primary N) is 1. The highest BCUT2D eigenvalue weighted by Crippen LogP contribution is 2.17. The Bertz CT molecular complexity index is 438. The van der Waals surface area contributed by atoms with Crippen LogP contribution in [0.5, 0.6) is 0 Å². The fraction of sp³-hybridized carbons (Fsp3) is 0.500. The monoisotopic (exact) mass is 241 g/mol. The molecule has 1 rings (SSSR count). The van der Waals surface area contributed by atoms with Crippen molar-refractivity contribution in [1.29, 1.82) is 0 Å². The summed E-state index contributed by atoms with van der Waals surface area (Å²) in [4.78, 5) is 0.444. The molecule has 0 spiro atoms. The molecule has 1 aromatic carbocycles. The van der Waals surface area contributed by atoms with Gasteiger partial charge in [0.25, 0.3) is 0 Å². The topological polar surface area (TPSA) is 60.2 Å². The average Bonchev–Trinajstić information content (AvgIpc) is 2.17. The Morgan fingerprint density at radius 3 is 2.50 bits per heavy atom. The third-order valence-corrected chi connectivity index (χ3v) is 4.46. The van der Waals surface area contributed by atoms with Gasteiger partial charge in [0.1, 0.15) is 0 Å². The summed E-state index contributed by atoms with van der Waals surface area (Å²) in [6, 6.07) is 7.14. The van der Waals surface area contributed by atoms with Crippen molar-refractivity contribution in [2.24, 2.45) is 5.73 Å². The number of sulfone groups is 1. The zero-order chi connectivity index (χ0) is 12.2. The van der Waals surface area contributed by atoms with Crippen LogP contribution in [0.25, 0.3) is 0 Å². The Balaban J connectivity index is 2.75. The van der Waals surface area contributed by atoms with E-state index in [1.54, 1.807) is 12.1 Å². The molecule has 0 bridgehead atoms. The Morgan fingerprint density at radius 2 is 1.94 bits per heavy atom. The summed E-state index contributed by atoms with van der Waals surface area (Å²) in [6.45, 7) is 3.71. The number of benzene rings is 1. The van der Waals surface area contributed by atoms with E-state index in [0.717, 1.165) is 12.0 Å². The molecule has 0 aromatic heterocycles. The van der Waals surface area contributed by atoms with Crippen molar-refractivity contribution in [3.05, 3.63) is 29.8 Å². The second-order valence-corrected chi connectivity index (χ2v) is 6.28. The Kier molecular flexibility index (Phi) is 4.50. The summed E-state index contributed by atoms with van der Waals surface area (Å²) in [7, 11) is -3.14. The lowest BCUT2D eigenvalue weighted by Crippen LogP contribution is -2.17. The lowest BCUT2D eigenvalue weighted by molar-refractivity contribution is 0.584. The van der Waals surface area contributed by atoms with Gasteiger partial charge in [-0.15, -0.1) is 0 Å². The van der Waals surface area contributed by atoms with Gasteiger partial charge in [0.15, 0.2) is 9.84 Å². The van der Waals surface area contributed by atoms with Gasteiger partial charge in [-0.2, -0.15) is 0 Å². The van der Waals surface area contributed by atoms with Crippen LogP contribution in [0.4, 0.5) is 0 Å². The first kappa shape index (κ1) is 13.2. The maximum absolute atomic E-state index is 12.0. The summed E-state index contributed by atoms with van der Waals surface area (Å²) in [5.74, 6) is 0.180. The zero-order valence-corrected chi connectivity index (χ0v) is 10.6. The highest BCUT2D eigenvalue weighted by atomic mass is 32.2. The van der Waals surface area contributed by atoms with Crippen molar-refractivity contribution >= 4 is 9.84 Å². The zero-order valence-electron chi connectivity index (χ0n) is 9.81. The highest BCUT2D eigenvalue weighted by molar-refractivity contribution is 7.91. The number of hydrogen-bond donors (Lipinski definition) is 1. The second-order valence-electron chi connectivity index (χ2n) is 4.20. The van der Waals surface area contributed by atoms with Gasteiger partial charge >= 0.3 is 0 Å². The Morgan fingerprint density at radius 1 is 1.31 bits per heavy atom. The molecule has 0 amide bonds. The molecule has 1 aromatic rings. The van der Waals surface area contributed by atoms with Crippen molar-refractivity contribution in [3.63, 3.8) is 0 Å². The minimum absolute atomic E-state index is 0.0621. The minimum Gasteiger partial charge on any atom is -0.328 e. The van der Waals surface area contributed by atoms with Crippen LogP contribution in [0.2, 0.25) is 0 Å². The Labute approximate surface area is 97.6 Å². The van der Waals surface area contributed by atoms with E-state index >= 15 is 0 Å². The van der Waals surface area contributed by atoms with Crippen molar-refractivity contribution in [1.82, 2.24) is 0 Å². The largest absolute Gasteiger partial charge is 0.328 e. The van der Waals surface area contributed by atoms with Gasteiger partial charge in [-0.3, -0.25) is 0 Å². The molecule has 0 radical (unpaired) electrons. The van der Waals surface area contributed by atoms with Crippen LogP contribution < -0.4 is 5.73 Å². The van der Waals surface area contributed by atoms with Gasteiger partial charge in [-0.05, 0) is 38.3 Å². The van der Waals surface area contributed by atoms with Gasteiger partial charge in [0.2, 0.25) is 0 Å². The third kappa shape index (κ3) is 3.61. The first-order valence-corrected chi connectivity index (χ1v) is 7.12. The van der Waals surface area contributed by atoms with Gasteiger partial charge in [0.05, 0.1) is 10.6 Å². The van der Waals surface area contributed by atoms with E-state index in [1.807, 2.05) is 26.0 Å². The molecule has 0 fully saturated rings. The fourth-order valence-electron chi connectivity index (χ4n) is 1.61. The molecule has 0 saturated heterocycles. The first-order chi connectivity index (χ1) is 7.43. The Hall–Kier alpha value is -0.870. The van der Waals surface area contributed by atoms with Crippen molar-refractivity contribution in [3.8, 4) is 0 Å². The molecule has 0 aliphatic carbocycles. The smallest absolute Gasteiger partial charge is 0.178 e. The summed E-state index contributed by atoms with van der Waals surface area (Å²) in [6.07, 6.45) is 1.36. The van der Waals surface area contributed by atoms with Crippen molar-refractivity contribution < 1.29 is 8.42 Å². The second kappa shape index (κ2) is 5.46. The molecule has 0 heterocycles. The van der Waals surface area contributed by atoms with Crippen LogP contribution in [-0.2, 0) is 9.84 Å². The normalized spacial score (nSPS) is 13.7. The van der Waals surface area contributed by atoms with E-state index in [9.17, 15) is 8.42 Å². The van der Waals surface area contributed by atoms with E-state index < -0.39 is 9.84 Å². The standard InChI is InChI=1S/C12H19NO2S/c1-10-6-3-4-8-12(10)16(14,15)9-5-7-11(2)13/h3-4,6,8,11H,5,7,9,13H2,1-2H3. The molecule has 3 nitrogen and oxygen atoms in total. The molecule has 0 aliphatic heterocycles. The number of aryl methyl sites for hydroxylation is 1. The molecule has 4 heteroatoms. The predicted octanol–water partition coefficient (Wildman–Crippen LogP) is 1.90. The maximum Gasteiger partial charge on any atom is 0.178 e. The van der Waals surface area contributed by atoms with Crippen molar-refractivity contribution in [2.45, 2.75) is 37.6 Å². The molecule has 1 atom stereocenters. The number of rotatable bonds is 5. The fourth-order valence-corrected chi connectivity index (χ4v) is 3.22. The van der Waals surface area contributed by atoms with E-state index in [-0.39, 0.29) is 11.8 Å². The van der Waals surface area contributed by atoms with E-state index in [2.05, 4.69) is 0 Å². The summed E-state index contributed by atoms with van der Waals surface area (Å²) >= 11 is 0. The summed E-state index contributed by atoms with van der Waals surface area (Å²) < 4.78 is 24.0. The first-order valence-electron chi connectivity index (χ1n) is 5.47. The van der Waals surface area contributed by atoms with Gasteiger partial charge < -0.3 is 5.73 Å². The molecule has 2 N–H and O–H groups in total.